The summed E-state index contributed by atoms with van der Waals surface area (Å²) in [6.45, 7) is 0. The number of benzene rings is 1. The van der Waals surface area contributed by atoms with Crippen LogP contribution in [0.2, 0.25) is 0 Å². The predicted molar refractivity (Wildman–Crippen MR) is 116 cm³/mol. The first-order chi connectivity index (χ1) is 14.8. The molecule has 4 heterocycles. The lowest BCUT2D eigenvalue weighted by Crippen LogP contribution is -2.56. The first kappa shape index (κ1) is 19.9. The van der Waals surface area contributed by atoms with Crippen LogP contribution < -0.4 is 10.5 Å². The van der Waals surface area contributed by atoms with Crippen LogP contribution in [0.3, 0.4) is 0 Å². The highest BCUT2D eigenvalue weighted by Crippen LogP contribution is 2.39. The number of fused-ring (bicyclic) bond motifs is 3. The Morgan fingerprint density at radius 3 is 2.74 bits per heavy atom. The largest absolute Gasteiger partial charge is 0.507 e. The van der Waals surface area contributed by atoms with Crippen LogP contribution in [0.25, 0.3) is 22.2 Å². The molecule has 2 aliphatic heterocycles. The molecule has 162 valence electrons. The second-order valence-corrected chi connectivity index (χ2v) is 8.65. The number of alkyl halides is 1. The van der Waals surface area contributed by atoms with Crippen LogP contribution in [0.15, 0.2) is 35.4 Å². The van der Waals surface area contributed by atoms with Gasteiger partial charge in [0.2, 0.25) is 0 Å². The predicted octanol–water partition coefficient (Wildman–Crippen LogP) is 2.11. The summed E-state index contributed by atoms with van der Waals surface area (Å²) in [5, 5.41) is 19.4. The summed E-state index contributed by atoms with van der Waals surface area (Å²) in [5.41, 5.74) is 1.14. The van der Waals surface area contributed by atoms with Gasteiger partial charge in [0.15, 0.2) is 5.82 Å². The van der Waals surface area contributed by atoms with Crippen LogP contribution in [0.1, 0.15) is 19.3 Å². The van der Waals surface area contributed by atoms with Crippen LogP contribution >= 0.6 is 0 Å². The van der Waals surface area contributed by atoms with Crippen molar-refractivity contribution in [3.05, 3.63) is 40.9 Å². The Morgan fingerprint density at radius 2 is 2.00 bits per heavy atom. The molecular weight excluding hydrogens is 399 g/mol. The molecule has 1 N–H and O–H groups in total. The minimum atomic E-state index is -0.937. The minimum Gasteiger partial charge on any atom is -0.507 e. The normalized spacial score (nSPS) is 25.8. The maximum absolute atomic E-state index is 15.1. The highest BCUT2D eigenvalue weighted by molar-refractivity contribution is 5.86. The van der Waals surface area contributed by atoms with Crippen LogP contribution in [0.4, 0.5) is 10.2 Å². The Morgan fingerprint density at radius 1 is 1.19 bits per heavy atom. The van der Waals surface area contributed by atoms with E-state index in [9.17, 15) is 9.90 Å². The van der Waals surface area contributed by atoms with Crippen molar-refractivity contribution in [3.8, 4) is 17.0 Å². The molecule has 2 bridgehead atoms. The van der Waals surface area contributed by atoms with E-state index >= 15 is 4.39 Å². The molecule has 2 aromatic heterocycles. The number of aromatic hydroxyl groups is 1. The standard InChI is InChI=1S/C22H25FN6O2/c1-27-11-24-16-9-13(19(30)10-14(16)22(27)31)15-5-7-20(26-25-15)29(3)18-8-12-4-6-17(21(18)23)28(12)2/h5,7,9-12,17-18,21,30H,4,6,8H2,1-3H3/t12?,17?,18-,21+/m0/s1. The van der Waals surface area contributed by atoms with E-state index in [1.807, 2.05) is 19.0 Å². The van der Waals surface area contributed by atoms with Gasteiger partial charge in [0.25, 0.3) is 5.56 Å². The summed E-state index contributed by atoms with van der Waals surface area (Å²) in [7, 11) is 5.48. The number of hydrogen-bond donors (Lipinski definition) is 1. The van der Waals surface area contributed by atoms with Crippen molar-refractivity contribution in [1.29, 1.82) is 0 Å². The maximum Gasteiger partial charge on any atom is 0.261 e. The molecule has 2 unspecified atom stereocenters. The van der Waals surface area contributed by atoms with E-state index in [0.717, 1.165) is 19.3 Å². The monoisotopic (exact) mass is 424 g/mol. The van der Waals surface area contributed by atoms with Crippen LogP contribution in [0, 0.1) is 0 Å². The van der Waals surface area contributed by atoms with Crippen molar-refractivity contribution in [2.45, 2.75) is 43.6 Å². The Balaban J connectivity index is 1.43. The first-order valence-corrected chi connectivity index (χ1v) is 10.5. The van der Waals surface area contributed by atoms with Crippen molar-refractivity contribution in [3.63, 3.8) is 0 Å². The molecule has 1 aromatic carbocycles. The number of anilines is 1. The van der Waals surface area contributed by atoms with E-state index < -0.39 is 6.17 Å². The van der Waals surface area contributed by atoms with E-state index in [1.165, 1.54) is 17.0 Å². The van der Waals surface area contributed by atoms with Gasteiger partial charge in [-0.1, -0.05) is 0 Å². The molecule has 9 heteroatoms. The van der Waals surface area contributed by atoms with E-state index in [-0.39, 0.29) is 23.4 Å². The van der Waals surface area contributed by atoms with E-state index in [0.29, 0.717) is 34.0 Å². The van der Waals surface area contributed by atoms with E-state index in [2.05, 4.69) is 20.1 Å². The molecule has 2 aliphatic rings. The van der Waals surface area contributed by atoms with Crippen LogP contribution in [-0.4, -0.2) is 68.1 Å². The first-order valence-electron chi connectivity index (χ1n) is 10.5. The third-order valence-electron chi connectivity index (χ3n) is 6.96. The van der Waals surface area contributed by atoms with Gasteiger partial charge in [0, 0.05) is 31.7 Å². The number of aryl methyl sites for hydroxylation is 1. The third-order valence-corrected chi connectivity index (χ3v) is 6.96. The molecular formula is C22H25FN6O2. The fraction of sp³-hybridized carbons (Fsp3) is 0.455. The van der Waals surface area contributed by atoms with Crippen molar-refractivity contribution in [2.75, 3.05) is 19.0 Å². The average Bonchev–Trinajstić information content (AvgIpc) is 3.03. The minimum absolute atomic E-state index is 0.0341. The summed E-state index contributed by atoms with van der Waals surface area (Å²) >= 11 is 0. The molecule has 8 nitrogen and oxygen atoms in total. The van der Waals surface area contributed by atoms with Crippen LogP contribution in [-0.2, 0) is 7.05 Å². The third kappa shape index (κ3) is 3.15. The molecule has 3 aromatic rings. The molecule has 0 radical (unpaired) electrons. The van der Waals surface area contributed by atoms with Gasteiger partial charge < -0.3 is 14.6 Å². The highest BCUT2D eigenvalue weighted by Gasteiger charge is 2.47. The topological polar surface area (TPSA) is 87.4 Å². The molecule has 2 saturated heterocycles. The zero-order chi connectivity index (χ0) is 21.9. The van der Waals surface area contributed by atoms with Crippen molar-refractivity contribution >= 4 is 16.7 Å². The van der Waals surface area contributed by atoms with E-state index in [1.54, 1.807) is 25.2 Å². The molecule has 5 rings (SSSR count). The summed E-state index contributed by atoms with van der Waals surface area (Å²) in [4.78, 5) is 20.6. The fourth-order valence-corrected chi connectivity index (χ4v) is 5.02. The van der Waals surface area contributed by atoms with Gasteiger partial charge in [0.1, 0.15) is 11.9 Å². The summed E-state index contributed by atoms with van der Waals surface area (Å²) in [6.07, 6.45) is 3.20. The maximum atomic E-state index is 15.1. The number of aromatic nitrogens is 4. The molecule has 2 fully saturated rings. The lowest BCUT2D eigenvalue weighted by molar-refractivity contribution is 0.0701. The Kier molecular flexibility index (Phi) is 4.65. The lowest BCUT2D eigenvalue weighted by atomic mass is 9.95. The molecule has 0 amide bonds. The van der Waals surface area contributed by atoms with Crippen LogP contribution in [0.5, 0.6) is 5.75 Å². The molecule has 0 aliphatic carbocycles. The summed E-state index contributed by atoms with van der Waals surface area (Å²) in [5.74, 6) is 0.524. The van der Waals surface area contributed by atoms with Crippen molar-refractivity contribution in [1.82, 2.24) is 24.6 Å². The quantitative estimate of drug-likeness (QED) is 0.689. The zero-order valence-corrected chi connectivity index (χ0v) is 17.7. The SMILES string of the molecule is CN1C2CCC1[C@@H](F)[C@@H](N(C)c1ccc(-c3cc4ncn(C)c(=O)c4cc3O)nn1)C2. The van der Waals surface area contributed by atoms with Crippen molar-refractivity contribution < 1.29 is 9.50 Å². The number of hydrogen-bond acceptors (Lipinski definition) is 7. The fourth-order valence-electron chi connectivity index (χ4n) is 5.02. The summed E-state index contributed by atoms with van der Waals surface area (Å²) < 4.78 is 16.5. The number of nitrogens with zero attached hydrogens (tertiary/aromatic N) is 6. The molecule has 31 heavy (non-hydrogen) atoms. The smallest absolute Gasteiger partial charge is 0.261 e. The van der Waals surface area contributed by atoms with Gasteiger partial charge in [-0.05, 0) is 50.6 Å². The van der Waals surface area contributed by atoms with E-state index in [4.69, 9.17) is 0 Å². The Bertz CT molecular complexity index is 1200. The Hall–Kier alpha value is -3.07. The number of phenols is 1. The number of rotatable bonds is 3. The number of piperidine rings is 1. The van der Waals surface area contributed by atoms with Gasteiger partial charge >= 0.3 is 0 Å². The zero-order valence-electron chi connectivity index (χ0n) is 17.7. The number of halogens is 1. The van der Waals surface area contributed by atoms with Gasteiger partial charge in [0.05, 0.1) is 29.0 Å². The average molecular weight is 424 g/mol. The highest BCUT2D eigenvalue weighted by atomic mass is 19.1. The van der Waals surface area contributed by atoms with Crippen molar-refractivity contribution in [2.24, 2.45) is 7.05 Å². The molecule has 4 atom stereocenters. The van der Waals surface area contributed by atoms with Gasteiger partial charge in [-0.3, -0.25) is 9.69 Å². The second-order valence-electron chi connectivity index (χ2n) is 8.65. The second kappa shape index (κ2) is 7.26. The number of phenolic OH excluding ortho intramolecular Hbond substituents is 1. The van der Waals surface area contributed by atoms with Gasteiger partial charge in [-0.25, -0.2) is 9.37 Å². The van der Waals surface area contributed by atoms with Gasteiger partial charge in [-0.15, -0.1) is 10.2 Å². The Labute approximate surface area is 179 Å². The molecule has 0 spiro atoms. The lowest BCUT2D eigenvalue weighted by Gasteiger charge is -2.43. The molecule has 0 saturated carbocycles. The summed E-state index contributed by atoms with van der Waals surface area (Å²) in [6, 6.07) is 6.71. The van der Waals surface area contributed by atoms with Gasteiger partial charge in [-0.2, -0.15) is 0 Å².